The number of anilines is 1. The van der Waals surface area contributed by atoms with Gasteiger partial charge in [0.05, 0.1) is 13.0 Å². The molecule has 0 N–H and O–H groups in total. The van der Waals surface area contributed by atoms with Gasteiger partial charge in [-0.2, -0.15) is 0 Å². The molecule has 1 aromatic heterocycles. The standard InChI is InChI=1S/C18H27N3O4/c1-4-25-17(22)10-14-9-16(20-23)18(19-11-14)21(12-13(2)3)15-5-7-24-8-6-15/h9,11,13,15H,4-8,10,12H2,1-3H3. The highest BCUT2D eigenvalue weighted by Crippen LogP contribution is 2.31. The molecule has 1 fully saturated rings. The normalized spacial score (nSPS) is 15.2. The Morgan fingerprint density at radius 1 is 1.44 bits per heavy atom. The van der Waals surface area contributed by atoms with E-state index in [1.54, 1.807) is 19.2 Å². The molecule has 138 valence electrons. The van der Waals surface area contributed by atoms with Crippen molar-refractivity contribution in [3.8, 4) is 0 Å². The maximum absolute atomic E-state index is 11.6. The summed E-state index contributed by atoms with van der Waals surface area (Å²) >= 11 is 0. The van der Waals surface area contributed by atoms with Crippen LogP contribution in [0.25, 0.3) is 0 Å². The number of hydrogen-bond donors (Lipinski definition) is 0. The van der Waals surface area contributed by atoms with Crippen LogP contribution in [0.3, 0.4) is 0 Å². The lowest BCUT2D eigenvalue weighted by Crippen LogP contribution is -2.42. The SMILES string of the molecule is CCOC(=O)Cc1cnc(N(CC(C)C)C2CCOCC2)c(N=O)c1. The number of nitroso groups, excluding NO2 is 1. The van der Waals surface area contributed by atoms with E-state index < -0.39 is 0 Å². The minimum Gasteiger partial charge on any atom is -0.466 e. The Kier molecular flexibility index (Phi) is 7.31. The first kappa shape index (κ1) is 19.3. The Labute approximate surface area is 148 Å². The monoisotopic (exact) mass is 349 g/mol. The van der Waals surface area contributed by atoms with Gasteiger partial charge in [0.2, 0.25) is 0 Å². The summed E-state index contributed by atoms with van der Waals surface area (Å²) in [4.78, 5) is 29.7. The zero-order valence-electron chi connectivity index (χ0n) is 15.2. The lowest BCUT2D eigenvalue weighted by molar-refractivity contribution is -0.142. The first-order valence-electron chi connectivity index (χ1n) is 8.87. The Morgan fingerprint density at radius 3 is 2.76 bits per heavy atom. The third-order valence-electron chi connectivity index (χ3n) is 4.12. The average Bonchev–Trinajstić information content (AvgIpc) is 2.60. The smallest absolute Gasteiger partial charge is 0.310 e. The molecule has 0 unspecified atom stereocenters. The number of nitrogens with zero attached hydrogens (tertiary/aromatic N) is 3. The van der Waals surface area contributed by atoms with Crippen LogP contribution in [0.1, 0.15) is 39.2 Å². The Balaban J connectivity index is 2.26. The van der Waals surface area contributed by atoms with E-state index >= 15 is 0 Å². The molecular formula is C18H27N3O4. The third kappa shape index (κ3) is 5.49. The van der Waals surface area contributed by atoms with Crippen molar-refractivity contribution in [1.82, 2.24) is 4.98 Å². The van der Waals surface area contributed by atoms with Crippen LogP contribution in [0.4, 0.5) is 11.5 Å². The quantitative estimate of drug-likeness (QED) is 0.529. The summed E-state index contributed by atoms with van der Waals surface area (Å²) in [7, 11) is 0. The molecule has 1 saturated heterocycles. The van der Waals surface area contributed by atoms with E-state index in [-0.39, 0.29) is 24.1 Å². The highest BCUT2D eigenvalue weighted by molar-refractivity contribution is 5.74. The molecule has 25 heavy (non-hydrogen) atoms. The van der Waals surface area contributed by atoms with E-state index in [1.807, 2.05) is 0 Å². The molecule has 1 aromatic rings. The van der Waals surface area contributed by atoms with Crippen LogP contribution < -0.4 is 4.90 Å². The van der Waals surface area contributed by atoms with Gasteiger partial charge >= 0.3 is 5.97 Å². The molecular weight excluding hydrogens is 322 g/mol. The van der Waals surface area contributed by atoms with Crippen LogP contribution in [-0.4, -0.2) is 43.4 Å². The van der Waals surface area contributed by atoms with Gasteiger partial charge in [-0.15, -0.1) is 4.91 Å². The first-order valence-corrected chi connectivity index (χ1v) is 8.87. The molecule has 1 aliphatic heterocycles. The molecule has 0 amide bonds. The zero-order valence-corrected chi connectivity index (χ0v) is 15.2. The molecule has 0 radical (unpaired) electrons. The minimum atomic E-state index is -0.336. The van der Waals surface area contributed by atoms with Gasteiger partial charge in [-0.25, -0.2) is 4.98 Å². The van der Waals surface area contributed by atoms with Gasteiger partial charge in [0.1, 0.15) is 0 Å². The molecule has 0 saturated carbocycles. The van der Waals surface area contributed by atoms with Crippen molar-refractivity contribution in [3.63, 3.8) is 0 Å². The molecule has 0 aromatic carbocycles. The second-order valence-electron chi connectivity index (χ2n) is 6.65. The summed E-state index contributed by atoms with van der Waals surface area (Å²) in [5.74, 6) is 0.670. The summed E-state index contributed by atoms with van der Waals surface area (Å²) in [6.07, 6.45) is 3.52. The van der Waals surface area contributed by atoms with Crippen molar-refractivity contribution in [2.24, 2.45) is 11.1 Å². The molecule has 2 rings (SSSR count). The summed E-state index contributed by atoms with van der Waals surface area (Å²) in [6, 6.07) is 1.92. The molecule has 2 heterocycles. The number of hydrogen-bond acceptors (Lipinski definition) is 7. The van der Waals surface area contributed by atoms with E-state index in [4.69, 9.17) is 9.47 Å². The maximum Gasteiger partial charge on any atom is 0.310 e. The van der Waals surface area contributed by atoms with Crippen LogP contribution in [0.15, 0.2) is 17.4 Å². The number of esters is 1. The van der Waals surface area contributed by atoms with Crippen LogP contribution >= 0.6 is 0 Å². The van der Waals surface area contributed by atoms with Crippen LogP contribution in [0, 0.1) is 10.8 Å². The van der Waals surface area contributed by atoms with Crippen LogP contribution in [-0.2, 0) is 20.7 Å². The summed E-state index contributed by atoms with van der Waals surface area (Å²) < 4.78 is 10.4. The van der Waals surface area contributed by atoms with Gasteiger partial charge in [0.25, 0.3) is 0 Å². The predicted molar refractivity (Wildman–Crippen MR) is 96.1 cm³/mol. The van der Waals surface area contributed by atoms with E-state index in [2.05, 4.69) is 28.9 Å². The second kappa shape index (κ2) is 9.46. The average molecular weight is 349 g/mol. The fourth-order valence-corrected chi connectivity index (χ4v) is 3.05. The van der Waals surface area contributed by atoms with Gasteiger partial charge in [0, 0.05) is 32.0 Å². The lowest BCUT2D eigenvalue weighted by Gasteiger charge is -2.36. The van der Waals surface area contributed by atoms with E-state index in [9.17, 15) is 9.70 Å². The largest absolute Gasteiger partial charge is 0.466 e. The molecule has 0 spiro atoms. The Hall–Kier alpha value is -2.02. The van der Waals surface area contributed by atoms with Gasteiger partial charge in [0.15, 0.2) is 11.5 Å². The highest BCUT2D eigenvalue weighted by atomic mass is 16.5. The zero-order chi connectivity index (χ0) is 18.2. The van der Waals surface area contributed by atoms with Gasteiger partial charge in [-0.1, -0.05) is 13.8 Å². The van der Waals surface area contributed by atoms with Crippen molar-refractivity contribution in [1.29, 1.82) is 0 Å². The molecule has 7 nitrogen and oxygen atoms in total. The molecule has 1 aliphatic rings. The van der Waals surface area contributed by atoms with Crippen molar-refractivity contribution in [2.45, 2.75) is 46.1 Å². The van der Waals surface area contributed by atoms with Crippen LogP contribution in [0.5, 0.6) is 0 Å². The molecule has 0 aliphatic carbocycles. The van der Waals surface area contributed by atoms with E-state index in [1.165, 1.54) is 0 Å². The second-order valence-corrected chi connectivity index (χ2v) is 6.65. The number of pyridine rings is 1. The first-order chi connectivity index (χ1) is 12.0. The molecule has 0 bridgehead atoms. The number of ether oxygens (including phenoxy) is 2. The number of rotatable bonds is 8. The minimum absolute atomic E-state index is 0.0884. The topological polar surface area (TPSA) is 81.1 Å². The molecule has 0 atom stereocenters. The fourth-order valence-electron chi connectivity index (χ4n) is 3.05. The van der Waals surface area contributed by atoms with E-state index in [0.29, 0.717) is 37.1 Å². The lowest BCUT2D eigenvalue weighted by atomic mass is 10.0. The summed E-state index contributed by atoms with van der Waals surface area (Å²) in [5, 5.41) is 3.17. The van der Waals surface area contributed by atoms with Gasteiger partial charge in [-0.05, 0) is 42.5 Å². The summed E-state index contributed by atoms with van der Waals surface area (Å²) in [6.45, 7) is 8.57. The Morgan fingerprint density at radius 2 is 2.16 bits per heavy atom. The number of aromatic nitrogens is 1. The maximum atomic E-state index is 11.6. The van der Waals surface area contributed by atoms with Crippen molar-refractivity contribution in [3.05, 3.63) is 22.7 Å². The predicted octanol–water partition coefficient (Wildman–Crippen LogP) is 3.23. The number of carbonyl (C=O) groups excluding carboxylic acids is 1. The van der Waals surface area contributed by atoms with Gasteiger partial charge in [-0.3, -0.25) is 4.79 Å². The van der Waals surface area contributed by atoms with Crippen LogP contribution in [0.2, 0.25) is 0 Å². The highest BCUT2D eigenvalue weighted by Gasteiger charge is 2.26. The summed E-state index contributed by atoms with van der Waals surface area (Å²) in [5.41, 5.74) is 0.905. The fraction of sp³-hybridized carbons (Fsp3) is 0.667. The number of carbonyl (C=O) groups is 1. The Bertz CT molecular complexity index is 586. The third-order valence-corrected chi connectivity index (χ3v) is 4.12. The van der Waals surface area contributed by atoms with Gasteiger partial charge < -0.3 is 14.4 Å². The van der Waals surface area contributed by atoms with Crippen molar-refractivity contribution in [2.75, 3.05) is 31.3 Å². The van der Waals surface area contributed by atoms with E-state index in [0.717, 1.165) is 19.4 Å². The molecule has 7 heteroatoms. The van der Waals surface area contributed by atoms with Crippen molar-refractivity contribution >= 4 is 17.5 Å². The van der Waals surface area contributed by atoms with Crippen molar-refractivity contribution < 1.29 is 14.3 Å².